The van der Waals surface area contributed by atoms with Gasteiger partial charge in [0.1, 0.15) is 6.10 Å². The lowest BCUT2D eigenvalue weighted by Gasteiger charge is -2.37. The Morgan fingerprint density at radius 2 is 1.91 bits per heavy atom. The minimum Gasteiger partial charge on any atom is -0.368 e. The van der Waals surface area contributed by atoms with Crippen LogP contribution in [-0.4, -0.2) is 62.2 Å². The van der Waals surface area contributed by atoms with Crippen molar-refractivity contribution in [1.82, 2.24) is 10.2 Å². The standard InChI is InChI=1S/C25H33N5O2/c1-2-26-25(30-15-13-29(14-16-30)22-10-4-3-5-11-22)27-19-20-8-6-9-21(18-20)28-24(31)23-12-7-17-32-23/h3-6,8-11,18,23H,2,7,12-17,19H2,1H3,(H,26,27)(H,28,31). The van der Waals surface area contributed by atoms with Gasteiger partial charge in [0.05, 0.1) is 6.54 Å². The Morgan fingerprint density at radius 3 is 2.62 bits per heavy atom. The summed E-state index contributed by atoms with van der Waals surface area (Å²) in [6.07, 6.45) is 1.41. The summed E-state index contributed by atoms with van der Waals surface area (Å²) in [5, 5.41) is 6.41. The number of piperazine rings is 1. The Kier molecular flexibility index (Phi) is 7.61. The number of hydrogen-bond donors (Lipinski definition) is 2. The first kappa shape index (κ1) is 22.1. The van der Waals surface area contributed by atoms with Gasteiger partial charge < -0.3 is 25.2 Å². The van der Waals surface area contributed by atoms with Crippen molar-refractivity contribution in [3.8, 4) is 0 Å². The van der Waals surface area contributed by atoms with E-state index in [-0.39, 0.29) is 12.0 Å². The summed E-state index contributed by atoms with van der Waals surface area (Å²) < 4.78 is 5.47. The van der Waals surface area contributed by atoms with Gasteiger partial charge in [-0.3, -0.25) is 4.79 Å². The van der Waals surface area contributed by atoms with E-state index in [1.807, 2.05) is 24.3 Å². The fourth-order valence-corrected chi connectivity index (χ4v) is 4.16. The molecule has 0 saturated carbocycles. The molecule has 1 atom stereocenters. The lowest BCUT2D eigenvalue weighted by molar-refractivity contribution is -0.124. The molecule has 7 nitrogen and oxygen atoms in total. The van der Waals surface area contributed by atoms with Gasteiger partial charge in [0.2, 0.25) is 0 Å². The summed E-state index contributed by atoms with van der Waals surface area (Å²) in [5.41, 5.74) is 3.13. The molecule has 32 heavy (non-hydrogen) atoms. The van der Waals surface area contributed by atoms with Gasteiger partial charge in [-0.1, -0.05) is 30.3 Å². The summed E-state index contributed by atoms with van der Waals surface area (Å²) in [7, 11) is 0. The number of anilines is 2. The number of nitrogens with zero attached hydrogens (tertiary/aromatic N) is 3. The number of nitrogens with one attached hydrogen (secondary N) is 2. The van der Waals surface area contributed by atoms with Crippen LogP contribution in [0.2, 0.25) is 0 Å². The molecule has 2 fully saturated rings. The van der Waals surface area contributed by atoms with Crippen LogP contribution in [0.1, 0.15) is 25.3 Å². The molecule has 2 heterocycles. The molecule has 0 spiro atoms. The molecular formula is C25H33N5O2. The molecule has 2 aliphatic rings. The largest absolute Gasteiger partial charge is 0.368 e. The maximum atomic E-state index is 12.3. The van der Waals surface area contributed by atoms with E-state index >= 15 is 0 Å². The van der Waals surface area contributed by atoms with Gasteiger partial charge in [0, 0.05) is 50.7 Å². The Bertz CT molecular complexity index is 904. The summed E-state index contributed by atoms with van der Waals surface area (Å²) in [6.45, 7) is 7.95. The van der Waals surface area contributed by atoms with Gasteiger partial charge in [-0.25, -0.2) is 4.99 Å². The molecule has 1 amide bonds. The van der Waals surface area contributed by atoms with Crippen molar-refractivity contribution in [3.63, 3.8) is 0 Å². The maximum absolute atomic E-state index is 12.3. The van der Waals surface area contributed by atoms with Crippen molar-refractivity contribution < 1.29 is 9.53 Å². The molecule has 1 unspecified atom stereocenters. The number of ether oxygens (including phenoxy) is 1. The number of carbonyl (C=O) groups excluding carboxylic acids is 1. The molecule has 2 N–H and O–H groups in total. The molecule has 0 radical (unpaired) electrons. The molecular weight excluding hydrogens is 402 g/mol. The summed E-state index contributed by atoms with van der Waals surface area (Å²) in [6, 6.07) is 18.5. The summed E-state index contributed by atoms with van der Waals surface area (Å²) >= 11 is 0. The zero-order chi connectivity index (χ0) is 22.2. The summed E-state index contributed by atoms with van der Waals surface area (Å²) in [4.78, 5) is 21.9. The van der Waals surface area contributed by atoms with E-state index < -0.39 is 0 Å². The lowest BCUT2D eigenvalue weighted by atomic mass is 10.2. The number of hydrogen-bond acceptors (Lipinski definition) is 4. The number of benzene rings is 2. The highest BCUT2D eigenvalue weighted by Crippen LogP contribution is 2.18. The topological polar surface area (TPSA) is 69.2 Å². The molecule has 0 bridgehead atoms. The lowest BCUT2D eigenvalue weighted by Crippen LogP contribution is -2.52. The monoisotopic (exact) mass is 435 g/mol. The van der Waals surface area contributed by atoms with Crippen molar-refractivity contribution in [3.05, 3.63) is 60.2 Å². The molecule has 2 aromatic rings. The minimum atomic E-state index is -0.327. The smallest absolute Gasteiger partial charge is 0.253 e. The van der Waals surface area contributed by atoms with Gasteiger partial charge >= 0.3 is 0 Å². The third kappa shape index (κ3) is 5.79. The molecule has 4 rings (SSSR count). The first-order valence-corrected chi connectivity index (χ1v) is 11.6. The van der Waals surface area contributed by atoms with Gasteiger partial charge in [0.25, 0.3) is 5.91 Å². The molecule has 7 heteroatoms. The molecule has 2 aromatic carbocycles. The highest BCUT2D eigenvalue weighted by Gasteiger charge is 2.23. The third-order valence-corrected chi connectivity index (χ3v) is 5.86. The van der Waals surface area contributed by atoms with E-state index in [2.05, 4.69) is 57.7 Å². The second-order valence-corrected chi connectivity index (χ2v) is 8.17. The van der Waals surface area contributed by atoms with Crippen LogP contribution in [0.3, 0.4) is 0 Å². The van der Waals surface area contributed by atoms with Crippen LogP contribution in [0.15, 0.2) is 59.6 Å². The average molecular weight is 436 g/mol. The highest BCUT2D eigenvalue weighted by molar-refractivity contribution is 5.94. The maximum Gasteiger partial charge on any atom is 0.253 e. The van der Waals surface area contributed by atoms with E-state index in [9.17, 15) is 4.79 Å². The van der Waals surface area contributed by atoms with Crippen molar-refractivity contribution in [2.24, 2.45) is 4.99 Å². The van der Waals surface area contributed by atoms with Crippen LogP contribution in [-0.2, 0) is 16.1 Å². The SMILES string of the molecule is CCNC(=NCc1cccc(NC(=O)C2CCCO2)c1)N1CCN(c2ccccc2)CC1. The van der Waals surface area contributed by atoms with Gasteiger partial charge in [0.15, 0.2) is 5.96 Å². The number of guanidine groups is 1. The minimum absolute atomic E-state index is 0.0622. The normalized spacial score (nSPS) is 19.2. The van der Waals surface area contributed by atoms with Crippen LogP contribution in [0.25, 0.3) is 0 Å². The number of carbonyl (C=O) groups is 1. The fourth-order valence-electron chi connectivity index (χ4n) is 4.16. The summed E-state index contributed by atoms with van der Waals surface area (Å²) in [5.74, 6) is 0.877. The molecule has 170 valence electrons. The predicted octanol–water partition coefficient (Wildman–Crippen LogP) is 3.09. The Labute approximate surface area is 190 Å². The Hall–Kier alpha value is -3.06. The van der Waals surface area contributed by atoms with Crippen LogP contribution in [0.5, 0.6) is 0 Å². The first-order chi connectivity index (χ1) is 15.7. The van der Waals surface area contributed by atoms with E-state index in [1.165, 1.54) is 5.69 Å². The van der Waals surface area contributed by atoms with E-state index in [1.54, 1.807) is 0 Å². The van der Waals surface area contributed by atoms with Gasteiger partial charge in [-0.15, -0.1) is 0 Å². The van der Waals surface area contributed by atoms with Crippen LogP contribution in [0.4, 0.5) is 11.4 Å². The second-order valence-electron chi connectivity index (χ2n) is 8.17. The molecule has 0 aromatic heterocycles. The van der Waals surface area contributed by atoms with E-state index in [0.29, 0.717) is 13.2 Å². The first-order valence-electron chi connectivity index (χ1n) is 11.6. The van der Waals surface area contributed by atoms with E-state index in [4.69, 9.17) is 9.73 Å². The van der Waals surface area contributed by atoms with Crippen molar-refractivity contribution in [1.29, 1.82) is 0 Å². The number of para-hydroxylation sites is 1. The van der Waals surface area contributed by atoms with E-state index in [0.717, 1.165) is 62.8 Å². The molecule has 2 aliphatic heterocycles. The van der Waals surface area contributed by atoms with Gasteiger partial charge in [-0.2, -0.15) is 0 Å². The molecule has 0 aliphatic carbocycles. The van der Waals surface area contributed by atoms with Crippen molar-refractivity contribution in [2.45, 2.75) is 32.4 Å². The molecule has 2 saturated heterocycles. The number of rotatable bonds is 6. The Balaban J connectivity index is 1.35. The number of aliphatic imine (C=N–C) groups is 1. The van der Waals surface area contributed by atoms with Crippen LogP contribution in [0, 0.1) is 0 Å². The number of amides is 1. The zero-order valence-corrected chi connectivity index (χ0v) is 18.8. The highest BCUT2D eigenvalue weighted by atomic mass is 16.5. The Morgan fingerprint density at radius 1 is 1.09 bits per heavy atom. The van der Waals surface area contributed by atoms with Crippen molar-refractivity contribution >= 4 is 23.2 Å². The average Bonchev–Trinajstić information content (AvgIpc) is 3.38. The van der Waals surface area contributed by atoms with Gasteiger partial charge in [-0.05, 0) is 49.6 Å². The third-order valence-electron chi connectivity index (χ3n) is 5.86. The zero-order valence-electron chi connectivity index (χ0n) is 18.8. The fraction of sp³-hybridized carbons (Fsp3) is 0.440. The predicted molar refractivity (Wildman–Crippen MR) is 129 cm³/mol. The van der Waals surface area contributed by atoms with Crippen LogP contribution >= 0.6 is 0 Å². The van der Waals surface area contributed by atoms with Crippen molar-refractivity contribution in [2.75, 3.05) is 49.5 Å². The van der Waals surface area contributed by atoms with Crippen LogP contribution < -0.4 is 15.5 Å². The second kappa shape index (κ2) is 11.0. The quantitative estimate of drug-likeness (QED) is 0.539.